The van der Waals surface area contributed by atoms with E-state index < -0.39 is 45.2 Å². The zero-order valence-electron chi connectivity index (χ0n) is 25.1. The first-order valence-electron chi connectivity index (χ1n) is 14.1. The van der Waals surface area contributed by atoms with Crippen LogP contribution in [0.1, 0.15) is 18.1 Å². The molecule has 4 N–H and O–H groups in total. The summed E-state index contributed by atoms with van der Waals surface area (Å²) >= 11 is 3.33. The van der Waals surface area contributed by atoms with Crippen molar-refractivity contribution in [2.75, 3.05) is 22.6 Å². The second-order valence-electron chi connectivity index (χ2n) is 10.2. The summed E-state index contributed by atoms with van der Waals surface area (Å²) < 4.78 is 82.1. The smallest absolute Gasteiger partial charge is 0.416 e. The van der Waals surface area contributed by atoms with E-state index in [1.807, 2.05) is 0 Å². The number of benzene rings is 3. The third-order valence-electron chi connectivity index (χ3n) is 6.83. The summed E-state index contributed by atoms with van der Waals surface area (Å²) in [6.07, 6.45) is -9.02. The summed E-state index contributed by atoms with van der Waals surface area (Å²) in [5.74, 6) is 0.166. The minimum Gasteiger partial charge on any atom is -0.488 e. The molecule has 0 saturated carbocycles. The highest BCUT2D eigenvalue weighted by Crippen LogP contribution is 2.35. The van der Waals surface area contributed by atoms with Crippen molar-refractivity contribution in [3.8, 4) is 17.1 Å². The maximum atomic E-state index is 12.9. The number of hydrogen-bond acceptors (Lipinski definition) is 11. The van der Waals surface area contributed by atoms with Crippen molar-refractivity contribution in [1.82, 2.24) is 20.6 Å². The van der Waals surface area contributed by atoms with Crippen molar-refractivity contribution in [2.45, 2.75) is 19.3 Å². The molecule has 19 heteroatoms. The molecule has 0 fully saturated rings. The number of aromatic nitrogens is 4. The van der Waals surface area contributed by atoms with Crippen LogP contribution in [0.2, 0.25) is 0 Å². The Balaban J connectivity index is 0.000000211. The van der Waals surface area contributed by atoms with Gasteiger partial charge in [-0.3, -0.25) is 19.2 Å². The van der Waals surface area contributed by atoms with Gasteiger partial charge >= 0.3 is 12.4 Å². The molecule has 0 amide bonds. The van der Waals surface area contributed by atoms with Crippen LogP contribution in [0.4, 0.5) is 60.5 Å². The molecule has 0 spiro atoms. The fraction of sp³-hybridized carbons (Fsp3) is 0.129. The molecular weight excluding hydrogens is 744 g/mol. The van der Waals surface area contributed by atoms with Crippen molar-refractivity contribution in [1.29, 1.82) is 0 Å². The molecule has 0 saturated heterocycles. The van der Waals surface area contributed by atoms with Gasteiger partial charge in [-0.2, -0.15) is 26.3 Å². The van der Waals surface area contributed by atoms with Gasteiger partial charge in [-0.05, 0) is 71.9 Å². The van der Waals surface area contributed by atoms with E-state index in [0.29, 0.717) is 21.5 Å². The lowest BCUT2D eigenvalue weighted by Crippen LogP contribution is -2.35. The fourth-order valence-corrected chi connectivity index (χ4v) is 4.82. The maximum Gasteiger partial charge on any atom is 0.416 e. The van der Waals surface area contributed by atoms with Gasteiger partial charge in [0.2, 0.25) is 0 Å². The predicted molar refractivity (Wildman–Crippen MR) is 174 cm³/mol. The summed E-state index contributed by atoms with van der Waals surface area (Å²) in [6, 6.07) is 13.7. The second-order valence-corrected chi connectivity index (χ2v) is 11.1. The number of alkyl halides is 6. The van der Waals surface area contributed by atoms with Crippen LogP contribution in [-0.4, -0.2) is 27.2 Å². The first-order valence-corrected chi connectivity index (χ1v) is 14.9. The van der Waals surface area contributed by atoms with E-state index in [4.69, 9.17) is 4.74 Å². The van der Waals surface area contributed by atoms with Gasteiger partial charge in [0.1, 0.15) is 17.1 Å². The zero-order valence-corrected chi connectivity index (χ0v) is 26.7. The van der Waals surface area contributed by atoms with Crippen molar-refractivity contribution in [2.24, 2.45) is 0 Å². The minimum absolute atomic E-state index is 0.0236. The predicted octanol–water partition coefficient (Wildman–Crippen LogP) is 6.17. The number of nitrogens with zero attached hydrogens (tertiary/aromatic N) is 3. The Morgan fingerprint density at radius 1 is 0.720 bits per heavy atom. The fourth-order valence-electron chi connectivity index (χ4n) is 4.46. The molecule has 1 aromatic heterocycles. The van der Waals surface area contributed by atoms with E-state index in [1.54, 1.807) is 25.1 Å². The number of nitrogens with one attached hydrogen (secondary N) is 4. The number of ether oxygens (including phenoxy) is 1. The lowest BCUT2D eigenvalue weighted by atomic mass is 10.1. The Kier molecular flexibility index (Phi) is 9.89. The summed E-state index contributed by atoms with van der Waals surface area (Å²) in [6.45, 7) is 1.81. The first kappa shape index (κ1) is 35.5. The third kappa shape index (κ3) is 7.56. The number of rotatable bonds is 9. The van der Waals surface area contributed by atoms with E-state index >= 15 is 0 Å². The lowest BCUT2D eigenvalue weighted by Gasteiger charge is -2.17. The van der Waals surface area contributed by atoms with Crippen molar-refractivity contribution >= 4 is 50.1 Å². The second kappa shape index (κ2) is 13.9. The van der Waals surface area contributed by atoms with Crippen LogP contribution in [0, 0.1) is 0 Å². The van der Waals surface area contributed by atoms with Crippen LogP contribution >= 0.6 is 15.9 Å². The number of aromatic amines is 1. The molecule has 0 aliphatic carbocycles. The quantitative estimate of drug-likeness (QED) is 0.0982. The number of tetrazole rings is 1. The molecule has 258 valence electrons. The molecule has 0 unspecified atom stereocenters. The van der Waals surface area contributed by atoms with Crippen LogP contribution < -0.4 is 42.4 Å². The summed E-state index contributed by atoms with van der Waals surface area (Å²) in [4.78, 5) is 46.7. The van der Waals surface area contributed by atoms with Gasteiger partial charge in [0.25, 0.3) is 21.7 Å². The van der Waals surface area contributed by atoms with Gasteiger partial charge in [-0.1, -0.05) is 28.1 Å². The summed E-state index contributed by atoms with van der Waals surface area (Å²) in [5, 5.41) is 21.4. The maximum absolute atomic E-state index is 12.9. The molecule has 0 aliphatic heterocycles. The topological polar surface area (TPSA) is 168 Å². The molecule has 6 rings (SSSR count). The molecule has 0 aliphatic rings. The Hall–Kier alpha value is -5.85. The van der Waals surface area contributed by atoms with Gasteiger partial charge in [0, 0.05) is 27.1 Å². The molecule has 1 heterocycles. The van der Waals surface area contributed by atoms with Gasteiger partial charge < -0.3 is 20.7 Å². The van der Waals surface area contributed by atoms with Crippen molar-refractivity contribution in [3.05, 3.63) is 123 Å². The van der Waals surface area contributed by atoms with E-state index in [9.17, 15) is 45.5 Å². The highest BCUT2D eigenvalue weighted by Gasteiger charge is 2.32. The highest BCUT2D eigenvalue weighted by molar-refractivity contribution is 9.10. The molecule has 0 atom stereocenters. The molecule has 12 nitrogen and oxygen atoms in total. The van der Waals surface area contributed by atoms with E-state index in [-0.39, 0.29) is 40.8 Å². The van der Waals surface area contributed by atoms with Gasteiger partial charge in [-0.25, -0.2) is 5.10 Å². The number of H-pyrrole nitrogens is 1. The molecule has 50 heavy (non-hydrogen) atoms. The van der Waals surface area contributed by atoms with Crippen molar-refractivity contribution in [3.63, 3.8) is 0 Å². The molecular formula is C31H20BrF6N7O5. The van der Waals surface area contributed by atoms with Crippen molar-refractivity contribution < 1.29 is 31.1 Å². The van der Waals surface area contributed by atoms with Gasteiger partial charge in [0.05, 0.1) is 17.7 Å². The first-order chi connectivity index (χ1) is 23.6. The Morgan fingerprint density at radius 2 is 1.26 bits per heavy atom. The Bertz CT molecular complexity index is 2310. The van der Waals surface area contributed by atoms with Crippen LogP contribution in [0.15, 0.2) is 90.4 Å². The number of hydrogen-bond donors (Lipinski definition) is 4. The largest absolute Gasteiger partial charge is 0.488 e. The van der Waals surface area contributed by atoms with E-state index in [1.165, 1.54) is 24.3 Å². The molecule has 0 radical (unpaired) electrons. The normalized spacial score (nSPS) is 11.6. The standard InChI is InChI=1S/C18H10BrF3N6O2.C13H10F3NO3/c19-9-4-5-12(11(7-9)17-25-27-28-26-17)24-14-13(15(29)16(14)30)23-10-3-1-2-8(6-10)18(20,21)22;1-2-20-12-9(10(18)11(12)19)17-8-5-3-4-7(6-8)13(14,15)16/h1-7,23-24H,(H,25,26,27,28);3-6,17H,2H2,1H3. The van der Waals surface area contributed by atoms with Gasteiger partial charge in [0.15, 0.2) is 11.6 Å². The summed E-state index contributed by atoms with van der Waals surface area (Å²) in [7, 11) is 0. The van der Waals surface area contributed by atoms with Crippen LogP contribution in [0.3, 0.4) is 0 Å². The Morgan fingerprint density at radius 3 is 1.78 bits per heavy atom. The average Bonchev–Trinajstić information content (AvgIpc) is 3.63. The van der Waals surface area contributed by atoms with E-state index in [0.717, 1.165) is 24.3 Å². The highest BCUT2D eigenvalue weighted by atomic mass is 79.9. The number of anilines is 6. The van der Waals surface area contributed by atoms with Gasteiger partial charge in [-0.15, -0.1) is 5.10 Å². The van der Waals surface area contributed by atoms with Crippen LogP contribution in [-0.2, 0) is 12.4 Å². The molecule has 6 aromatic rings. The summed E-state index contributed by atoms with van der Waals surface area (Å²) in [5.41, 5.74) is -4.26. The molecule has 5 aromatic carbocycles. The third-order valence-corrected chi connectivity index (χ3v) is 7.32. The number of halogens is 7. The molecule has 0 bridgehead atoms. The van der Waals surface area contributed by atoms with Crippen LogP contribution in [0.25, 0.3) is 11.4 Å². The Labute approximate surface area is 283 Å². The monoisotopic (exact) mass is 763 g/mol. The minimum atomic E-state index is -4.54. The lowest BCUT2D eigenvalue weighted by molar-refractivity contribution is -0.138. The van der Waals surface area contributed by atoms with E-state index in [2.05, 4.69) is 52.5 Å². The van der Waals surface area contributed by atoms with Crippen LogP contribution in [0.5, 0.6) is 5.75 Å². The zero-order chi connectivity index (χ0) is 36.4. The average molecular weight is 764 g/mol. The SMILES string of the molecule is CCOc1c(Nc2cccc(C(F)(F)F)c2)c(=O)c1=O.O=c1c(Nc2cccc(C(F)(F)F)c2)c(Nc2ccc(Br)cc2-c2nnn[nH]2)c1=O.